The number of nitrogens with one attached hydrogen (secondary N) is 1. The summed E-state index contributed by atoms with van der Waals surface area (Å²) in [5, 5.41) is 11.8. The van der Waals surface area contributed by atoms with E-state index in [1.54, 1.807) is 19.1 Å². The van der Waals surface area contributed by atoms with Gasteiger partial charge in [0.25, 0.3) is 5.91 Å². The molecule has 0 saturated heterocycles. The van der Waals surface area contributed by atoms with Crippen LogP contribution >= 0.6 is 11.6 Å². The number of hydrogen-bond acceptors (Lipinski definition) is 4. The standard InChI is InChI=1S/C17H17ClFNO4/c1-2-23-15-8-11(9-21)7-12(18)17(15)24-10-16(22)20-14-6-4-3-5-13(14)19/h3-8,21H,2,9-10H2,1H3,(H,20,22). The van der Waals surface area contributed by atoms with Crippen molar-refractivity contribution >= 4 is 23.2 Å². The normalized spacial score (nSPS) is 10.3. The molecule has 0 fully saturated rings. The Kier molecular flexibility index (Phi) is 6.40. The molecule has 2 aromatic rings. The molecule has 2 aromatic carbocycles. The molecule has 0 spiro atoms. The van der Waals surface area contributed by atoms with Crippen molar-refractivity contribution in [3.05, 3.63) is 52.8 Å². The summed E-state index contributed by atoms with van der Waals surface area (Å²) in [5.74, 6) is -0.553. The minimum atomic E-state index is -0.537. The third-order valence-electron chi connectivity index (χ3n) is 3.05. The van der Waals surface area contributed by atoms with Crippen molar-refractivity contribution in [3.8, 4) is 11.5 Å². The molecule has 128 valence electrons. The fourth-order valence-electron chi connectivity index (χ4n) is 2.00. The minimum absolute atomic E-state index is 0.0675. The number of ether oxygens (including phenoxy) is 2. The maximum atomic E-state index is 13.5. The average Bonchev–Trinajstić information content (AvgIpc) is 2.56. The molecule has 7 heteroatoms. The molecule has 0 aliphatic heterocycles. The van der Waals surface area contributed by atoms with Crippen LogP contribution in [0, 0.1) is 5.82 Å². The second-order valence-corrected chi connectivity index (χ2v) is 5.22. The Morgan fingerprint density at radius 1 is 1.29 bits per heavy atom. The third kappa shape index (κ3) is 4.59. The Labute approximate surface area is 144 Å². The summed E-state index contributed by atoms with van der Waals surface area (Å²) in [6.45, 7) is 1.58. The number of rotatable bonds is 7. The zero-order chi connectivity index (χ0) is 17.5. The van der Waals surface area contributed by atoms with E-state index >= 15 is 0 Å². The maximum absolute atomic E-state index is 13.5. The Balaban J connectivity index is 2.08. The second kappa shape index (κ2) is 8.52. The third-order valence-corrected chi connectivity index (χ3v) is 3.33. The molecule has 2 rings (SSSR count). The first-order chi connectivity index (χ1) is 11.5. The van der Waals surface area contributed by atoms with Crippen LogP contribution in [-0.2, 0) is 11.4 Å². The van der Waals surface area contributed by atoms with E-state index in [9.17, 15) is 14.3 Å². The molecular weight excluding hydrogens is 337 g/mol. The number of carbonyl (C=O) groups excluding carboxylic acids is 1. The van der Waals surface area contributed by atoms with E-state index in [0.717, 1.165) is 0 Å². The predicted molar refractivity (Wildman–Crippen MR) is 89.1 cm³/mol. The topological polar surface area (TPSA) is 67.8 Å². The van der Waals surface area contributed by atoms with E-state index in [4.69, 9.17) is 21.1 Å². The number of aliphatic hydroxyl groups excluding tert-OH is 1. The van der Waals surface area contributed by atoms with Crippen LogP contribution in [0.5, 0.6) is 11.5 Å². The molecule has 0 saturated carbocycles. The van der Waals surface area contributed by atoms with Gasteiger partial charge in [-0.15, -0.1) is 0 Å². The van der Waals surface area contributed by atoms with Gasteiger partial charge in [0.1, 0.15) is 5.82 Å². The summed E-state index contributed by atoms with van der Waals surface area (Å²) in [4.78, 5) is 11.9. The Hall–Kier alpha value is -2.31. The fourth-order valence-corrected chi connectivity index (χ4v) is 2.29. The van der Waals surface area contributed by atoms with Gasteiger partial charge in [0.2, 0.25) is 0 Å². The first kappa shape index (κ1) is 18.0. The molecule has 1 amide bonds. The second-order valence-electron chi connectivity index (χ2n) is 4.81. The smallest absolute Gasteiger partial charge is 0.262 e. The monoisotopic (exact) mass is 353 g/mol. The van der Waals surface area contributed by atoms with E-state index < -0.39 is 11.7 Å². The summed E-state index contributed by atoms with van der Waals surface area (Å²) in [7, 11) is 0. The molecule has 0 aliphatic rings. The summed E-state index contributed by atoms with van der Waals surface area (Å²) in [6.07, 6.45) is 0. The van der Waals surface area contributed by atoms with Gasteiger partial charge >= 0.3 is 0 Å². The lowest BCUT2D eigenvalue weighted by Crippen LogP contribution is -2.21. The number of anilines is 1. The van der Waals surface area contributed by atoms with Gasteiger partial charge in [0.05, 0.1) is 23.9 Å². The number of para-hydroxylation sites is 1. The molecule has 0 aromatic heterocycles. The molecule has 0 unspecified atom stereocenters. The fraction of sp³-hybridized carbons (Fsp3) is 0.235. The van der Waals surface area contributed by atoms with Crippen LogP contribution in [0.1, 0.15) is 12.5 Å². The highest BCUT2D eigenvalue weighted by molar-refractivity contribution is 6.32. The molecular formula is C17H17ClFNO4. The van der Waals surface area contributed by atoms with Crippen molar-refractivity contribution in [1.29, 1.82) is 0 Å². The van der Waals surface area contributed by atoms with E-state index in [1.165, 1.54) is 24.3 Å². The largest absolute Gasteiger partial charge is 0.490 e. The Morgan fingerprint density at radius 2 is 2.04 bits per heavy atom. The number of hydrogen-bond donors (Lipinski definition) is 2. The van der Waals surface area contributed by atoms with Crippen molar-refractivity contribution in [2.24, 2.45) is 0 Å². The molecule has 0 heterocycles. The quantitative estimate of drug-likeness (QED) is 0.800. The lowest BCUT2D eigenvalue weighted by molar-refractivity contribution is -0.118. The van der Waals surface area contributed by atoms with Gasteiger partial charge in [-0.25, -0.2) is 4.39 Å². The average molecular weight is 354 g/mol. The van der Waals surface area contributed by atoms with Gasteiger partial charge in [0.15, 0.2) is 18.1 Å². The number of carbonyl (C=O) groups is 1. The van der Waals surface area contributed by atoms with Gasteiger partial charge in [-0.2, -0.15) is 0 Å². The molecule has 0 atom stereocenters. The van der Waals surface area contributed by atoms with Crippen molar-refractivity contribution in [1.82, 2.24) is 0 Å². The van der Waals surface area contributed by atoms with E-state index in [2.05, 4.69) is 5.32 Å². The van der Waals surface area contributed by atoms with Crippen LogP contribution in [0.3, 0.4) is 0 Å². The van der Waals surface area contributed by atoms with E-state index in [-0.39, 0.29) is 29.7 Å². The maximum Gasteiger partial charge on any atom is 0.262 e. The molecule has 5 nitrogen and oxygen atoms in total. The molecule has 0 radical (unpaired) electrons. The highest BCUT2D eigenvalue weighted by Crippen LogP contribution is 2.36. The van der Waals surface area contributed by atoms with Gasteiger partial charge < -0.3 is 19.9 Å². The number of benzene rings is 2. The lowest BCUT2D eigenvalue weighted by atomic mass is 10.2. The summed E-state index contributed by atoms with van der Waals surface area (Å²) in [5.41, 5.74) is 0.629. The number of amides is 1. The lowest BCUT2D eigenvalue weighted by Gasteiger charge is -2.14. The van der Waals surface area contributed by atoms with Crippen LogP contribution < -0.4 is 14.8 Å². The molecule has 2 N–H and O–H groups in total. The van der Waals surface area contributed by atoms with Crippen LogP contribution in [0.2, 0.25) is 5.02 Å². The van der Waals surface area contributed by atoms with Gasteiger partial charge in [-0.1, -0.05) is 23.7 Å². The van der Waals surface area contributed by atoms with Gasteiger partial charge in [-0.05, 0) is 36.8 Å². The number of halogens is 2. The summed E-state index contributed by atoms with van der Waals surface area (Å²) in [6, 6.07) is 8.93. The van der Waals surface area contributed by atoms with Crippen molar-refractivity contribution in [2.45, 2.75) is 13.5 Å². The van der Waals surface area contributed by atoms with Crippen LogP contribution in [0.4, 0.5) is 10.1 Å². The Bertz CT molecular complexity index is 724. The van der Waals surface area contributed by atoms with Gasteiger partial charge in [-0.3, -0.25) is 4.79 Å². The highest BCUT2D eigenvalue weighted by atomic mass is 35.5. The zero-order valence-corrected chi connectivity index (χ0v) is 13.8. The Morgan fingerprint density at radius 3 is 2.71 bits per heavy atom. The SMILES string of the molecule is CCOc1cc(CO)cc(Cl)c1OCC(=O)Nc1ccccc1F. The van der Waals surface area contributed by atoms with Crippen LogP contribution in [0.15, 0.2) is 36.4 Å². The predicted octanol–water partition coefficient (Wildman–Crippen LogP) is 3.39. The van der Waals surface area contributed by atoms with Crippen LogP contribution in [0.25, 0.3) is 0 Å². The number of aliphatic hydroxyl groups is 1. The summed E-state index contributed by atoms with van der Waals surface area (Å²) < 4.78 is 24.3. The first-order valence-corrected chi connectivity index (χ1v) is 7.66. The molecule has 24 heavy (non-hydrogen) atoms. The molecule has 0 aliphatic carbocycles. The minimum Gasteiger partial charge on any atom is -0.490 e. The van der Waals surface area contributed by atoms with Crippen molar-refractivity contribution in [2.75, 3.05) is 18.5 Å². The molecule has 0 bridgehead atoms. The highest BCUT2D eigenvalue weighted by Gasteiger charge is 2.15. The van der Waals surface area contributed by atoms with Crippen molar-refractivity contribution < 1.29 is 23.8 Å². The first-order valence-electron chi connectivity index (χ1n) is 7.28. The van der Waals surface area contributed by atoms with Crippen LogP contribution in [-0.4, -0.2) is 24.2 Å². The zero-order valence-electron chi connectivity index (χ0n) is 13.0. The van der Waals surface area contributed by atoms with E-state index in [0.29, 0.717) is 17.9 Å². The van der Waals surface area contributed by atoms with Crippen molar-refractivity contribution in [3.63, 3.8) is 0 Å². The van der Waals surface area contributed by atoms with Gasteiger partial charge in [0, 0.05) is 0 Å². The van der Waals surface area contributed by atoms with E-state index in [1.807, 2.05) is 0 Å². The summed E-state index contributed by atoms with van der Waals surface area (Å²) >= 11 is 6.11.